The van der Waals surface area contributed by atoms with E-state index in [0.717, 1.165) is 38.5 Å². The van der Waals surface area contributed by atoms with Gasteiger partial charge in [0.15, 0.2) is 0 Å². The molecule has 2 aliphatic heterocycles. The van der Waals surface area contributed by atoms with Crippen molar-refractivity contribution in [2.75, 3.05) is 37.7 Å². The molecule has 2 aliphatic rings. The van der Waals surface area contributed by atoms with Gasteiger partial charge in [-0.05, 0) is 31.5 Å². The molecule has 1 unspecified atom stereocenters. The van der Waals surface area contributed by atoms with Crippen LogP contribution in [0.1, 0.15) is 12.8 Å². The third kappa shape index (κ3) is 2.35. The zero-order valence-electron chi connectivity index (χ0n) is 10.6. The fraction of sp³-hybridized carbons (Fsp3) is 0.571. The van der Waals surface area contributed by atoms with Crippen LogP contribution in [0, 0.1) is 5.82 Å². The van der Waals surface area contributed by atoms with Crippen LogP contribution in [0.25, 0.3) is 0 Å². The second-order valence-electron chi connectivity index (χ2n) is 5.17. The van der Waals surface area contributed by atoms with E-state index in [-0.39, 0.29) is 5.82 Å². The van der Waals surface area contributed by atoms with E-state index in [1.807, 2.05) is 12.1 Å². The molecular weight excluding hydrogens is 229 g/mol. The van der Waals surface area contributed by atoms with Crippen LogP contribution in [0.15, 0.2) is 24.3 Å². The summed E-state index contributed by atoms with van der Waals surface area (Å²) in [5.74, 6) is -0.110. The molecule has 0 aromatic heterocycles. The van der Waals surface area contributed by atoms with E-state index >= 15 is 0 Å². The average Bonchev–Trinajstić information content (AvgIpc) is 2.90. The van der Waals surface area contributed by atoms with E-state index in [1.54, 1.807) is 12.1 Å². The Morgan fingerprint density at radius 2 is 2.11 bits per heavy atom. The molecule has 4 heteroatoms. The Morgan fingerprint density at radius 1 is 1.22 bits per heavy atom. The first-order valence-corrected chi connectivity index (χ1v) is 6.79. The van der Waals surface area contributed by atoms with Gasteiger partial charge in [0.2, 0.25) is 0 Å². The summed E-state index contributed by atoms with van der Waals surface area (Å²) >= 11 is 0. The van der Waals surface area contributed by atoms with E-state index < -0.39 is 0 Å². The maximum atomic E-state index is 13.7. The van der Waals surface area contributed by atoms with Gasteiger partial charge in [-0.2, -0.15) is 0 Å². The van der Waals surface area contributed by atoms with Crippen LogP contribution in [0.4, 0.5) is 10.1 Å². The second-order valence-corrected chi connectivity index (χ2v) is 5.17. The van der Waals surface area contributed by atoms with Gasteiger partial charge in [0.25, 0.3) is 0 Å². The minimum atomic E-state index is -0.110. The number of hydrogen-bond donors (Lipinski definition) is 1. The first-order valence-electron chi connectivity index (χ1n) is 6.79. The number of anilines is 1. The number of nitrogens with one attached hydrogen (secondary N) is 1. The SMILES string of the molecule is Fc1ccccc1N1CCN(C2CCCNC2)C1. The summed E-state index contributed by atoms with van der Waals surface area (Å²) in [6.45, 7) is 5.04. The zero-order chi connectivity index (χ0) is 12.4. The highest BCUT2D eigenvalue weighted by Crippen LogP contribution is 2.23. The Kier molecular flexibility index (Phi) is 3.48. The minimum Gasteiger partial charge on any atom is -0.355 e. The summed E-state index contributed by atoms with van der Waals surface area (Å²) in [4.78, 5) is 4.61. The van der Waals surface area contributed by atoms with Crippen molar-refractivity contribution < 1.29 is 4.39 Å². The quantitative estimate of drug-likeness (QED) is 0.860. The molecule has 2 fully saturated rings. The van der Waals surface area contributed by atoms with Gasteiger partial charge in [-0.15, -0.1) is 0 Å². The second kappa shape index (κ2) is 5.24. The third-order valence-corrected chi connectivity index (χ3v) is 3.99. The van der Waals surface area contributed by atoms with Crippen LogP contribution in [0.3, 0.4) is 0 Å². The van der Waals surface area contributed by atoms with E-state index in [4.69, 9.17) is 0 Å². The van der Waals surface area contributed by atoms with Crippen molar-refractivity contribution in [2.24, 2.45) is 0 Å². The van der Waals surface area contributed by atoms with Crippen molar-refractivity contribution in [3.8, 4) is 0 Å². The molecule has 0 aliphatic carbocycles. The Hall–Kier alpha value is -1.13. The maximum Gasteiger partial charge on any atom is 0.146 e. The van der Waals surface area contributed by atoms with Gasteiger partial charge in [0.1, 0.15) is 5.82 Å². The number of piperidine rings is 1. The lowest BCUT2D eigenvalue weighted by atomic mass is 10.1. The number of hydrogen-bond acceptors (Lipinski definition) is 3. The third-order valence-electron chi connectivity index (χ3n) is 3.99. The molecule has 1 atom stereocenters. The van der Waals surface area contributed by atoms with E-state index in [9.17, 15) is 4.39 Å². The van der Waals surface area contributed by atoms with Crippen LogP contribution in [-0.2, 0) is 0 Å². The van der Waals surface area contributed by atoms with Crippen LogP contribution >= 0.6 is 0 Å². The van der Waals surface area contributed by atoms with Crippen LogP contribution in [0.5, 0.6) is 0 Å². The lowest BCUT2D eigenvalue weighted by molar-refractivity contribution is 0.204. The van der Waals surface area contributed by atoms with Crippen LogP contribution in [0.2, 0.25) is 0 Å². The Bertz CT molecular complexity index is 404. The van der Waals surface area contributed by atoms with Gasteiger partial charge < -0.3 is 10.2 Å². The molecule has 3 rings (SSSR count). The topological polar surface area (TPSA) is 18.5 Å². The highest BCUT2D eigenvalue weighted by atomic mass is 19.1. The van der Waals surface area contributed by atoms with Gasteiger partial charge in [0, 0.05) is 25.7 Å². The summed E-state index contributed by atoms with van der Waals surface area (Å²) in [5, 5.41) is 3.44. The highest BCUT2D eigenvalue weighted by molar-refractivity contribution is 5.48. The number of para-hydroxylation sites is 1. The average molecular weight is 249 g/mol. The normalized spacial score (nSPS) is 25.6. The largest absolute Gasteiger partial charge is 0.355 e. The van der Waals surface area contributed by atoms with Crippen molar-refractivity contribution in [1.29, 1.82) is 0 Å². The summed E-state index contributed by atoms with van der Waals surface area (Å²) < 4.78 is 13.7. The predicted molar refractivity (Wildman–Crippen MR) is 71.2 cm³/mol. The monoisotopic (exact) mass is 249 g/mol. The predicted octanol–water partition coefficient (Wildman–Crippen LogP) is 1.66. The van der Waals surface area contributed by atoms with Crippen molar-refractivity contribution in [3.05, 3.63) is 30.1 Å². The lowest BCUT2D eigenvalue weighted by Gasteiger charge is -2.31. The van der Waals surface area contributed by atoms with Crippen molar-refractivity contribution in [2.45, 2.75) is 18.9 Å². The van der Waals surface area contributed by atoms with Gasteiger partial charge in [-0.3, -0.25) is 4.90 Å². The Labute approximate surface area is 108 Å². The number of benzene rings is 1. The van der Waals surface area contributed by atoms with Gasteiger partial charge >= 0.3 is 0 Å². The standard InChI is InChI=1S/C14H20FN3/c15-13-5-1-2-6-14(13)18-9-8-17(11-18)12-4-3-7-16-10-12/h1-2,5-6,12,16H,3-4,7-11H2. The molecule has 1 N–H and O–H groups in total. The van der Waals surface area contributed by atoms with Crippen molar-refractivity contribution in [3.63, 3.8) is 0 Å². The first-order chi connectivity index (χ1) is 8.84. The number of halogens is 1. The smallest absolute Gasteiger partial charge is 0.146 e. The molecule has 0 spiro atoms. The number of nitrogens with zero attached hydrogens (tertiary/aromatic N) is 2. The van der Waals surface area contributed by atoms with Gasteiger partial charge in [0.05, 0.1) is 12.4 Å². The summed E-state index contributed by atoms with van der Waals surface area (Å²) in [6.07, 6.45) is 2.51. The molecule has 18 heavy (non-hydrogen) atoms. The molecule has 2 saturated heterocycles. The molecule has 2 heterocycles. The molecule has 3 nitrogen and oxygen atoms in total. The number of rotatable bonds is 2. The van der Waals surface area contributed by atoms with Gasteiger partial charge in [-0.25, -0.2) is 4.39 Å². The van der Waals surface area contributed by atoms with Gasteiger partial charge in [-0.1, -0.05) is 12.1 Å². The molecule has 0 radical (unpaired) electrons. The summed E-state index contributed by atoms with van der Waals surface area (Å²) in [6, 6.07) is 7.69. The fourth-order valence-electron chi connectivity index (χ4n) is 2.96. The Morgan fingerprint density at radius 3 is 2.89 bits per heavy atom. The molecule has 1 aromatic rings. The van der Waals surface area contributed by atoms with E-state index in [0.29, 0.717) is 6.04 Å². The molecule has 0 amide bonds. The molecule has 0 saturated carbocycles. The molecule has 1 aromatic carbocycles. The summed E-state index contributed by atoms with van der Waals surface area (Å²) in [5.41, 5.74) is 0.740. The van der Waals surface area contributed by atoms with Crippen LogP contribution in [-0.4, -0.2) is 43.8 Å². The minimum absolute atomic E-state index is 0.110. The fourth-order valence-corrected chi connectivity index (χ4v) is 2.96. The maximum absolute atomic E-state index is 13.7. The van der Waals surface area contributed by atoms with E-state index in [2.05, 4.69) is 15.1 Å². The molecule has 98 valence electrons. The first kappa shape index (κ1) is 11.9. The van der Waals surface area contributed by atoms with E-state index in [1.165, 1.54) is 12.8 Å². The molecule has 0 bridgehead atoms. The lowest BCUT2D eigenvalue weighted by Crippen LogP contribution is -2.45. The van der Waals surface area contributed by atoms with Crippen molar-refractivity contribution in [1.82, 2.24) is 10.2 Å². The summed E-state index contributed by atoms with van der Waals surface area (Å²) in [7, 11) is 0. The van der Waals surface area contributed by atoms with Crippen molar-refractivity contribution >= 4 is 5.69 Å². The molecular formula is C14H20FN3. The zero-order valence-corrected chi connectivity index (χ0v) is 10.6. The Balaban J connectivity index is 1.66. The highest BCUT2D eigenvalue weighted by Gasteiger charge is 2.28. The van der Waals surface area contributed by atoms with Crippen LogP contribution < -0.4 is 10.2 Å².